The first kappa shape index (κ1) is 24.3. The number of aromatic nitrogens is 1. The van der Waals surface area contributed by atoms with Gasteiger partial charge in [0.15, 0.2) is 5.69 Å². The summed E-state index contributed by atoms with van der Waals surface area (Å²) in [7, 11) is 0. The number of nitrogens with one attached hydrogen (secondary N) is 2. The number of nitrogens with zero attached hydrogens (tertiary/aromatic N) is 2. The first-order chi connectivity index (χ1) is 16.6. The van der Waals surface area contributed by atoms with Crippen LogP contribution in [0, 0.1) is 13.8 Å². The molecule has 0 unspecified atom stereocenters. The number of amides is 2. The van der Waals surface area contributed by atoms with Crippen molar-refractivity contribution in [1.29, 1.82) is 0 Å². The lowest BCUT2D eigenvalue weighted by atomic mass is 10.1. The molecule has 1 saturated heterocycles. The van der Waals surface area contributed by atoms with Gasteiger partial charge in [-0.25, -0.2) is 0 Å². The standard InChI is InChI=1S/C24H23F3N4O4/c1-14-3-4-18(13-20(14)29-23(33)21-9-15(2)35-30-21)28-22(32)16-10-17(24(25,26)27)12-19(11-16)31-5-7-34-8-6-31/h3-4,9-13H,5-8H2,1-2H3,(H,28,32)(H,29,33). The summed E-state index contributed by atoms with van der Waals surface area (Å²) in [6.07, 6.45) is -4.61. The van der Waals surface area contributed by atoms with E-state index in [0.717, 1.165) is 12.1 Å². The van der Waals surface area contributed by atoms with Gasteiger partial charge in [0.2, 0.25) is 0 Å². The molecular formula is C24H23F3N4O4. The number of carbonyl (C=O) groups is 2. The molecule has 0 atom stereocenters. The van der Waals surface area contributed by atoms with Crippen LogP contribution < -0.4 is 15.5 Å². The Kier molecular flexibility index (Phi) is 6.79. The number of hydrogen-bond donors (Lipinski definition) is 2. The van der Waals surface area contributed by atoms with Crippen LogP contribution in [0.1, 0.15) is 37.7 Å². The smallest absolute Gasteiger partial charge is 0.378 e. The fourth-order valence-corrected chi connectivity index (χ4v) is 3.61. The van der Waals surface area contributed by atoms with E-state index in [9.17, 15) is 22.8 Å². The van der Waals surface area contributed by atoms with Gasteiger partial charge in [-0.05, 0) is 49.7 Å². The van der Waals surface area contributed by atoms with Gasteiger partial charge in [-0.2, -0.15) is 13.2 Å². The number of aryl methyl sites for hydroxylation is 2. The molecule has 2 N–H and O–H groups in total. The number of benzene rings is 2. The number of rotatable bonds is 5. The van der Waals surface area contributed by atoms with E-state index in [1.54, 1.807) is 30.9 Å². The van der Waals surface area contributed by atoms with Crippen LogP contribution in [0.15, 0.2) is 47.0 Å². The van der Waals surface area contributed by atoms with E-state index in [-0.39, 0.29) is 11.3 Å². The van der Waals surface area contributed by atoms with E-state index >= 15 is 0 Å². The summed E-state index contributed by atoms with van der Waals surface area (Å²) in [6, 6.07) is 9.56. The van der Waals surface area contributed by atoms with Crippen LogP contribution in [-0.2, 0) is 10.9 Å². The normalized spacial score (nSPS) is 14.0. The van der Waals surface area contributed by atoms with Crippen molar-refractivity contribution in [3.8, 4) is 0 Å². The lowest BCUT2D eigenvalue weighted by molar-refractivity contribution is -0.137. The Morgan fingerprint density at radius 3 is 2.37 bits per heavy atom. The van der Waals surface area contributed by atoms with Gasteiger partial charge < -0.3 is 24.8 Å². The third-order valence-corrected chi connectivity index (χ3v) is 5.49. The summed E-state index contributed by atoms with van der Waals surface area (Å²) in [5.41, 5.74) is 0.773. The Bertz CT molecular complexity index is 1250. The molecule has 8 nitrogen and oxygen atoms in total. The monoisotopic (exact) mass is 488 g/mol. The molecule has 2 aromatic carbocycles. The molecule has 0 aliphatic carbocycles. The van der Waals surface area contributed by atoms with Crippen molar-refractivity contribution in [3.05, 3.63) is 70.6 Å². The topological polar surface area (TPSA) is 96.7 Å². The Hall–Kier alpha value is -3.86. The fraction of sp³-hybridized carbons (Fsp3) is 0.292. The van der Waals surface area contributed by atoms with Gasteiger partial charge in [-0.15, -0.1) is 0 Å². The molecule has 35 heavy (non-hydrogen) atoms. The van der Waals surface area contributed by atoms with Gasteiger partial charge in [0.05, 0.1) is 18.8 Å². The molecule has 184 valence electrons. The summed E-state index contributed by atoms with van der Waals surface area (Å²) in [6.45, 7) is 5.05. The van der Waals surface area contributed by atoms with E-state index in [0.29, 0.717) is 54.7 Å². The Labute approximate surface area is 199 Å². The van der Waals surface area contributed by atoms with E-state index < -0.39 is 23.6 Å². The number of morpholine rings is 1. The average molecular weight is 488 g/mol. The summed E-state index contributed by atoms with van der Waals surface area (Å²) in [5, 5.41) is 8.98. The highest BCUT2D eigenvalue weighted by Crippen LogP contribution is 2.33. The van der Waals surface area contributed by atoms with Crippen LogP contribution in [0.2, 0.25) is 0 Å². The maximum absolute atomic E-state index is 13.5. The first-order valence-corrected chi connectivity index (χ1v) is 10.8. The molecule has 3 aromatic rings. The fourth-order valence-electron chi connectivity index (χ4n) is 3.61. The van der Waals surface area contributed by atoms with Gasteiger partial charge in [-0.1, -0.05) is 11.2 Å². The van der Waals surface area contributed by atoms with Crippen LogP contribution in [0.25, 0.3) is 0 Å². The van der Waals surface area contributed by atoms with Crippen LogP contribution in [-0.4, -0.2) is 43.3 Å². The van der Waals surface area contributed by atoms with Crippen molar-refractivity contribution < 1.29 is 32.0 Å². The molecular weight excluding hydrogens is 465 g/mol. The average Bonchev–Trinajstić information content (AvgIpc) is 3.27. The van der Waals surface area contributed by atoms with Crippen LogP contribution in [0.5, 0.6) is 0 Å². The summed E-state index contributed by atoms with van der Waals surface area (Å²) in [5.74, 6) is -0.731. The summed E-state index contributed by atoms with van der Waals surface area (Å²) >= 11 is 0. The zero-order valence-corrected chi connectivity index (χ0v) is 19.0. The van der Waals surface area contributed by atoms with Crippen molar-refractivity contribution in [3.63, 3.8) is 0 Å². The Morgan fingerprint density at radius 1 is 0.971 bits per heavy atom. The molecule has 1 fully saturated rings. The number of carbonyl (C=O) groups excluding carboxylic acids is 2. The number of anilines is 3. The van der Waals surface area contributed by atoms with E-state index in [2.05, 4.69) is 15.8 Å². The minimum absolute atomic E-state index is 0.0935. The zero-order chi connectivity index (χ0) is 25.2. The molecule has 1 aliphatic heterocycles. The van der Waals surface area contributed by atoms with Crippen molar-refractivity contribution in [2.45, 2.75) is 20.0 Å². The maximum Gasteiger partial charge on any atom is 0.416 e. The predicted octanol–water partition coefficient (Wildman–Crippen LogP) is 4.65. The van der Waals surface area contributed by atoms with Crippen LogP contribution in [0.3, 0.4) is 0 Å². The lowest BCUT2D eigenvalue weighted by Crippen LogP contribution is -2.36. The van der Waals surface area contributed by atoms with Crippen molar-refractivity contribution in [2.75, 3.05) is 41.8 Å². The molecule has 2 amide bonds. The number of hydrogen-bond acceptors (Lipinski definition) is 6. The third kappa shape index (κ3) is 5.80. The Balaban J connectivity index is 1.57. The molecule has 1 aromatic heterocycles. The minimum atomic E-state index is -4.61. The SMILES string of the molecule is Cc1cc(C(=O)Nc2cc(NC(=O)c3cc(N4CCOCC4)cc(C(F)(F)F)c3)ccc2C)no1. The molecule has 11 heteroatoms. The molecule has 4 rings (SSSR count). The van der Waals surface area contributed by atoms with Gasteiger partial charge in [0.1, 0.15) is 5.76 Å². The molecule has 1 aliphatic rings. The van der Waals surface area contributed by atoms with Gasteiger partial charge in [0.25, 0.3) is 11.8 Å². The van der Waals surface area contributed by atoms with E-state index in [1.807, 2.05) is 0 Å². The lowest BCUT2D eigenvalue weighted by Gasteiger charge is -2.29. The first-order valence-electron chi connectivity index (χ1n) is 10.8. The highest BCUT2D eigenvalue weighted by atomic mass is 19.4. The Morgan fingerprint density at radius 2 is 1.71 bits per heavy atom. The van der Waals surface area contributed by atoms with Crippen molar-refractivity contribution >= 4 is 28.9 Å². The quantitative estimate of drug-likeness (QED) is 0.543. The maximum atomic E-state index is 13.5. The predicted molar refractivity (Wildman–Crippen MR) is 123 cm³/mol. The van der Waals surface area contributed by atoms with Crippen molar-refractivity contribution in [2.24, 2.45) is 0 Å². The zero-order valence-electron chi connectivity index (χ0n) is 19.0. The molecule has 0 radical (unpaired) electrons. The summed E-state index contributed by atoms with van der Waals surface area (Å²) < 4.78 is 50.8. The van der Waals surface area contributed by atoms with Crippen LogP contribution in [0.4, 0.5) is 30.2 Å². The number of halogens is 3. The van der Waals surface area contributed by atoms with Gasteiger partial charge in [0, 0.05) is 41.8 Å². The second-order valence-corrected chi connectivity index (χ2v) is 8.13. The number of alkyl halides is 3. The van der Waals surface area contributed by atoms with E-state index in [1.165, 1.54) is 18.2 Å². The summed E-state index contributed by atoms with van der Waals surface area (Å²) in [4.78, 5) is 27.1. The second kappa shape index (κ2) is 9.79. The van der Waals surface area contributed by atoms with Crippen LogP contribution >= 0.6 is 0 Å². The number of ether oxygens (including phenoxy) is 1. The van der Waals surface area contributed by atoms with Gasteiger partial charge in [-0.3, -0.25) is 9.59 Å². The highest BCUT2D eigenvalue weighted by molar-refractivity contribution is 6.06. The largest absolute Gasteiger partial charge is 0.416 e. The minimum Gasteiger partial charge on any atom is -0.378 e. The second-order valence-electron chi connectivity index (χ2n) is 8.13. The van der Waals surface area contributed by atoms with Crippen molar-refractivity contribution in [1.82, 2.24) is 5.16 Å². The molecule has 2 heterocycles. The molecule has 0 bridgehead atoms. The third-order valence-electron chi connectivity index (χ3n) is 5.49. The highest BCUT2D eigenvalue weighted by Gasteiger charge is 2.32. The molecule has 0 saturated carbocycles. The molecule has 0 spiro atoms. The van der Waals surface area contributed by atoms with E-state index in [4.69, 9.17) is 9.26 Å². The van der Waals surface area contributed by atoms with Gasteiger partial charge >= 0.3 is 6.18 Å².